The van der Waals surface area contributed by atoms with Gasteiger partial charge in [0, 0.05) is 13.1 Å². The summed E-state index contributed by atoms with van der Waals surface area (Å²) in [7, 11) is -3.14. The number of nitrogens with one attached hydrogen (secondary N) is 2. The smallest absolute Gasteiger partial charge is 0.215 e. The van der Waals surface area contributed by atoms with Crippen molar-refractivity contribution in [1.29, 1.82) is 0 Å². The number of unbranched alkanes of at least 4 members (excludes halogenated alkanes) is 3. The highest BCUT2D eigenvalue weighted by Gasteiger charge is 2.18. The molecule has 0 heterocycles. The van der Waals surface area contributed by atoms with Crippen molar-refractivity contribution in [2.75, 3.05) is 19.6 Å². The Balaban J connectivity index is 3.77. The summed E-state index contributed by atoms with van der Waals surface area (Å²) in [6.45, 7) is 7.93. The third-order valence-corrected chi connectivity index (χ3v) is 4.55. The van der Waals surface area contributed by atoms with Gasteiger partial charge in [-0.25, -0.2) is 13.1 Å². The molecule has 0 aromatic carbocycles. The van der Waals surface area contributed by atoms with Crippen LogP contribution in [0.4, 0.5) is 0 Å². The molecule has 0 saturated heterocycles. The Morgan fingerprint density at radius 3 is 2.29 bits per heavy atom. The number of sulfonamides is 1. The van der Waals surface area contributed by atoms with Gasteiger partial charge in [0.15, 0.2) is 0 Å². The molecule has 4 nitrogen and oxygen atoms in total. The fraction of sp³-hybridized carbons (Fsp3) is 1.00. The van der Waals surface area contributed by atoms with E-state index in [-0.39, 0.29) is 5.25 Å². The predicted octanol–water partition coefficient (Wildman–Crippen LogP) is 1.87. The third-order valence-electron chi connectivity index (χ3n) is 2.72. The van der Waals surface area contributed by atoms with Gasteiger partial charge in [0.1, 0.15) is 0 Å². The van der Waals surface area contributed by atoms with Crippen LogP contribution in [-0.2, 0) is 10.0 Å². The second-order valence-electron chi connectivity index (χ2n) is 4.51. The molecule has 0 aromatic heterocycles. The number of hydrogen-bond acceptors (Lipinski definition) is 3. The predicted molar refractivity (Wildman–Crippen MR) is 73.7 cm³/mol. The topological polar surface area (TPSA) is 58.2 Å². The Kier molecular flexibility index (Phi) is 9.78. The maximum absolute atomic E-state index is 11.8. The van der Waals surface area contributed by atoms with Crippen LogP contribution in [0.1, 0.15) is 52.9 Å². The van der Waals surface area contributed by atoms with Crippen molar-refractivity contribution < 1.29 is 8.42 Å². The molecule has 0 aromatic rings. The van der Waals surface area contributed by atoms with E-state index in [1.165, 1.54) is 12.8 Å². The minimum absolute atomic E-state index is 0.361. The molecule has 5 heteroatoms. The van der Waals surface area contributed by atoms with Gasteiger partial charge in [-0.3, -0.25) is 0 Å². The monoisotopic (exact) mass is 264 g/mol. The molecular weight excluding hydrogens is 236 g/mol. The van der Waals surface area contributed by atoms with Gasteiger partial charge >= 0.3 is 0 Å². The summed E-state index contributed by atoms with van der Waals surface area (Å²) >= 11 is 0. The van der Waals surface area contributed by atoms with Crippen molar-refractivity contribution in [3.63, 3.8) is 0 Å². The molecule has 17 heavy (non-hydrogen) atoms. The van der Waals surface area contributed by atoms with E-state index in [2.05, 4.69) is 23.9 Å². The van der Waals surface area contributed by atoms with Gasteiger partial charge in [0.25, 0.3) is 0 Å². The van der Waals surface area contributed by atoms with E-state index in [0.29, 0.717) is 13.1 Å². The second-order valence-corrected chi connectivity index (χ2v) is 6.70. The van der Waals surface area contributed by atoms with E-state index in [1.54, 1.807) is 6.92 Å². The van der Waals surface area contributed by atoms with Crippen molar-refractivity contribution >= 4 is 10.0 Å². The Morgan fingerprint density at radius 2 is 1.71 bits per heavy atom. The lowest BCUT2D eigenvalue weighted by Crippen LogP contribution is -2.39. The maximum Gasteiger partial charge on any atom is 0.215 e. The molecular formula is C12H28N2O2S. The van der Waals surface area contributed by atoms with Crippen LogP contribution in [0, 0.1) is 0 Å². The van der Waals surface area contributed by atoms with Crippen molar-refractivity contribution in [2.45, 2.75) is 58.1 Å². The lowest BCUT2D eigenvalue weighted by Gasteiger charge is -2.14. The van der Waals surface area contributed by atoms with Crippen LogP contribution in [0.2, 0.25) is 0 Å². The van der Waals surface area contributed by atoms with Gasteiger partial charge in [0.05, 0.1) is 5.25 Å². The van der Waals surface area contributed by atoms with Crippen LogP contribution >= 0.6 is 0 Å². The lowest BCUT2D eigenvalue weighted by molar-refractivity contribution is 0.551. The highest BCUT2D eigenvalue weighted by Crippen LogP contribution is 2.00. The standard InChI is InChI=1S/C12H28N2O2S/c1-4-6-7-8-10-14-17(15,16)12(3)11-13-9-5-2/h12-14H,4-11H2,1-3H3. The first-order valence-corrected chi connectivity index (χ1v) is 8.28. The first-order chi connectivity index (χ1) is 8.04. The molecule has 1 unspecified atom stereocenters. The third kappa shape index (κ3) is 8.57. The first-order valence-electron chi connectivity index (χ1n) is 6.73. The normalized spacial score (nSPS) is 13.8. The average molecular weight is 264 g/mol. The summed E-state index contributed by atoms with van der Waals surface area (Å²) in [6.07, 6.45) is 5.40. The van der Waals surface area contributed by atoms with E-state index in [0.717, 1.165) is 25.8 Å². The first kappa shape index (κ1) is 16.9. The van der Waals surface area contributed by atoms with Crippen molar-refractivity contribution in [1.82, 2.24) is 10.0 Å². The quantitative estimate of drug-likeness (QED) is 0.560. The molecule has 0 rings (SSSR count). The van der Waals surface area contributed by atoms with E-state index >= 15 is 0 Å². The Hall–Kier alpha value is -0.130. The van der Waals surface area contributed by atoms with E-state index in [9.17, 15) is 8.42 Å². The molecule has 0 amide bonds. The van der Waals surface area contributed by atoms with Crippen LogP contribution < -0.4 is 10.0 Å². The van der Waals surface area contributed by atoms with E-state index in [1.807, 2.05) is 0 Å². The summed E-state index contributed by atoms with van der Waals surface area (Å²) in [5.74, 6) is 0. The number of rotatable bonds is 11. The molecule has 0 aliphatic rings. The van der Waals surface area contributed by atoms with Crippen LogP contribution in [0.15, 0.2) is 0 Å². The van der Waals surface area contributed by atoms with Crippen LogP contribution in [0.3, 0.4) is 0 Å². The van der Waals surface area contributed by atoms with Gasteiger partial charge in [-0.15, -0.1) is 0 Å². The Morgan fingerprint density at radius 1 is 1.00 bits per heavy atom. The van der Waals surface area contributed by atoms with Crippen LogP contribution in [0.5, 0.6) is 0 Å². The zero-order valence-electron chi connectivity index (χ0n) is 11.5. The van der Waals surface area contributed by atoms with Crippen molar-refractivity contribution in [2.24, 2.45) is 0 Å². The maximum atomic E-state index is 11.8. The molecule has 0 saturated carbocycles. The van der Waals surface area contributed by atoms with Gasteiger partial charge < -0.3 is 5.32 Å². The zero-order valence-corrected chi connectivity index (χ0v) is 12.3. The molecule has 0 aliphatic heterocycles. The molecule has 0 fully saturated rings. The SMILES string of the molecule is CCCCCCNS(=O)(=O)C(C)CNCCC. The van der Waals surface area contributed by atoms with Gasteiger partial charge in [-0.1, -0.05) is 33.1 Å². The molecule has 1 atom stereocenters. The second kappa shape index (κ2) is 9.85. The summed E-state index contributed by atoms with van der Waals surface area (Å²) in [6, 6.07) is 0. The Bertz CT molecular complexity index is 266. The van der Waals surface area contributed by atoms with Gasteiger partial charge in [0.2, 0.25) is 10.0 Å². The van der Waals surface area contributed by atoms with Crippen molar-refractivity contribution in [3.05, 3.63) is 0 Å². The minimum atomic E-state index is -3.14. The molecule has 0 bridgehead atoms. The minimum Gasteiger partial charge on any atom is -0.315 e. The van der Waals surface area contributed by atoms with Gasteiger partial charge in [-0.2, -0.15) is 0 Å². The molecule has 104 valence electrons. The van der Waals surface area contributed by atoms with Crippen molar-refractivity contribution in [3.8, 4) is 0 Å². The Labute approximate surface area is 107 Å². The lowest BCUT2D eigenvalue weighted by atomic mass is 10.2. The highest BCUT2D eigenvalue weighted by molar-refractivity contribution is 7.90. The molecule has 0 radical (unpaired) electrons. The van der Waals surface area contributed by atoms with Crippen LogP contribution in [0.25, 0.3) is 0 Å². The van der Waals surface area contributed by atoms with Gasteiger partial charge in [-0.05, 0) is 26.3 Å². The molecule has 0 aliphatic carbocycles. The summed E-state index contributed by atoms with van der Waals surface area (Å²) in [5.41, 5.74) is 0. The number of hydrogen-bond donors (Lipinski definition) is 2. The fourth-order valence-corrected chi connectivity index (χ4v) is 2.55. The summed E-state index contributed by atoms with van der Waals surface area (Å²) in [4.78, 5) is 0. The average Bonchev–Trinajstić information content (AvgIpc) is 2.29. The highest BCUT2D eigenvalue weighted by atomic mass is 32.2. The van der Waals surface area contributed by atoms with Crippen LogP contribution in [-0.4, -0.2) is 33.3 Å². The fourth-order valence-electron chi connectivity index (χ4n) is 1.50. The molecule has 0 spiro atoms. The largest absolute Gasteiger partial charge is 0.315 e. The van der Waals surface area contributed by atoms with E-state index in [4.69, 9.17) is 0 Å². The molecule has 2 N–H and O–H groups in total. The summed E-state index contributed by atoms with van der Waals surface area (Å²) in [5, 5.41) is 2.77. The zero-order chi connectivity index (χ0) is 13.1. The van der Waals surface area contributed by atoms with E-state index < -0.39 is 10.0 Å². The summed E-state index contributed by atoms with van der Waals surface area (Å²) < 4.78 is 26.3.